The summed E-state index contributed by atoms with van der Waals surface area (Å²) in [7, 11) is 2.16. The Balaban J connectivity index is 1.25. The summed E-state index contributed by atoms with van der Waals surface area (Å²) in [5.74, 6) is -0.753. The molecule has 0 saturated carbocycles. The first-order chi connectivity index (χ1) is 18.8. The minimum absolute atomic E-state index is 0.0171. The number of phenols is 2. The van der Waals surface area contributed by atoms with Crippen LogP contribution in [-0.4, -0.2) is 81.3 Å². The first-order valence-electron chi connectivity index (χ1n) is 13.0. The van der Waals surface area contributed by atoms with Crippen LogP contribution in [0.1, 0.15) is 36.2 Å². The number of nitrogens with zero attached hydrogens (tertiary/aromatic N) is 4. The maximum absolute atomic E-state index is 12.9. The van der Waals surface area contributed by atoms with Gasteiger partial charge in [0.05, 0.1) is 10.5 Å². The van der Waals surface area contributed by atoms with Gasteiger partial charge in [0.15, 0.2) is 0 Å². The van der Waals surface area contributed by atoms with Crippen LogP contribution in [0.25, 0.3) is 11.3 Å². The number of hydrogen-bond donors (Lipinski definition) is 3. The standard InChI is InChI=1S/C27H31N5O7/c1-30-10-8-18(9-11-30)31-12-6-17(7-13-31)28-27(35)25-16-22(29-39-25)26-23(34)14-20(33)15-24(26)38-21-4-2-19(3-5-21)32(36)37/h2-5,14-18,33-34H,6-13H2,1H3,(H,28,35). The zero-order valence-corrected chi connectivity index (χ0v) is 21.6. The number of likely N-dealkylation sites (tertiary alicyclic amines) is 2. The molecule has 0 aliphatic carbocycles. The number of rotatable bonds is 7. The van der Waals surface area contributed by atoms with Crippen molar-refractivity contribution in [2.45, 2.75) is 37.8 Å². The topological polar surface area (TPSA) is 154 Å². The van der Waals surface area contributed by atoms with Crippen molar-refractivity contribution in [2.75, 3.05) is 33.2 Å². The number of aromatic hydroxyl groups is 2. The van der Waals surface area contributed by atoms with Crippen LogP contribution in [0.5, 0.6) is 23.0 Å². The second kappa shape index (κ2) is 11.3. The van der Waals surface area contributed by atoms with E-state index in [9.17, 15) is 25.1 Å². The summed E-state index contributed by atoms with van der Waals surface area (Å²) >= 11 is 0. The number of carbonyl (C=O) groups is 1. The predicted octanol–water partition coefficient (Wildman–Crippen LogP) is 3.74. The van der Waals surface area contributed by atoms with E-state index in [1.807, 2.05) is 0 Å². The first kappa shape index (κ1) is 26.4. The van der Waals surface area contributed by atoms with Crippen molar-refractivity contribution >= 4 is 11.6 Å². The lowest BCUT2D eigenvalue weighted by Crippen LogP contribution is -2.50. The van der Waals surface area contributed by atoms with Crippen LogP contribution < -0.4 is 10.1 Å². The number of carbonyl (C=O) groups excluding carboxylic acids is 1. The molecule has 2 saturated heterocycles. The number of hydrogen-bond acceptors (Lipinski definition) is 10. The molecule has 3 heterocycles. The molecular formula is C27H31N5O7. The molecule has 12 nitrogen and oxygen atoms in total. The van der Waals surface area contributed by atoms with Gasteiger partial charge in [-0.15, -0.1) is 0 Å². The number of nitro groups is 1. The van der Waals surface area contributed by atoms with Gasteiger partial charge < -0.3 is 34.6 Å². The van der Waals surface area contributed by atoms with Crippen LogP contribution in [0, 0.1) is 10.1 Å². The molecule has 0 atom stereocenters. The van der Waals surface area contributed by atoms with Crippen molar-refractivity contribution in [3.8, 4) is 34.3 Å². The average Bonchev–Trinajstić information content (AvgIpc) is 3.39. The summed E-state index contributed by atoms with van der Waals surface area (Å²) in [6, 6.07) is 9.74. The zero-order valence-electron chi connectivity index (χ0n) is 21.6. The molecule has 2 aliphatic heterocycles. The van der Waals surface area contributed by atoms with Crippen LogP contribution >= 0.6 is 0 Å². The number of benzene rings is 2. The number of nitrogens with one attached hydrogen (secondary N) is 1. The first-order valence-corrected chi connectivity index (χ1v) is 13.0. The Bertz CT molecular complexity index is 1330. The minimum Gasteiger partial charge on any atom is -0.508 e. The molecule has 0 spiro atoms. The van der Waals surface area contributed by atoms with Crippen molar-refractivity contribution in [3.63, 3.8) is 0 Å². The van der Waals surface area contributed by atoms with E-state index < -0.39 is 10.8 Å². The number of non-ortho nitro benzene ring substituents is 1. The van der Waals surface area contributed by atoms with Crippen LogP contribution in [0.2, 0.25) is 0 Å². The fraction of sp³-hybridized carbons (Fsp3) is 0.407. The van der Waals surface area contributed by atoms with Crippen LogP contribution in [-0.2, 0) is 0 Å². The van der Waals surface area contributed by atoms with E-state index >= 15 is 0 Å². The van der Waals surface area contributed by atoms with Crippen molar-refractivity contribution in [1.82, 2.24) is 20.3 Å². The molecule has 0 unspecified atom stereocenters. The number of ether oxygens (including phenoxy) is 1. The summed E-state index contributed by atoms with van der Waals surface area (Å²) in [5, 5.41) is 38.5. The lowest BCUT2D eigenvalue weighted by Gasteiger charge is -2.41. The fourth-order valence-electron chi connectivity index (χ4n) is 5.21. The summed E-state index contributed by atoms with van der Waals surface area (Å²) in [5.41, 5.74) is 0.119. The molecule has 0 bridgehead atoms. The van der Waals surface area contributed by atoms with Crippen LogP contribution in [0.3, 0.4) is 0 Å². The van der Waals surface area contributed by atoms with Gasteiger partial charge in [-0.1, -0.05) is 5.16 Å². The molecule has 206 valence electrons. The molecule has 2 aromatic carbocycles. The van der Waals surface area contributed by atoms with Gasteiger partial charge in [-0.2, -0.15) is 0 Å². The second-order valence-electron chi connectivity index (χ2n) is 10.1. The van der Waals surface area contributed by atoms with E-state index in [1.165, 1.54) is 49.2 Å². The Morgan fingerprint density at radius 2 is 1.77 bits per heavy atom. The van der Waals surface area contributed by atoms with Crippen LogP contribution in [0.15, 0.2) is 47.0 Å². The number of aromatic nitrogens is 1. The number of phenolic OH excluding ortho intramolecular Hbond substituents is 2. The van der Waals surface area contributed by atoms with Gasteiger partial charge in [-0.05, 0) is 58.0 Å². The maximum atomic E-state index is 12.9. The Morgan fingerprint density at radius 1 is 1.08 bits per heavy atom. The highest BCUT2D eigenvalue weighted by Crippen LogP contribution is 2.42. The van der Waals surface area contributed by atoms with E-state index in [-0.39, 0.29) is 51.7 Å². The molecule has 1 amide bonds. The third-order valence-corrected chi connectivity index (χ3v) is 7.40. The lowest BCUT2D eigenvalue weighted by atomic mass is 9.98. The van der Waals surface area contributed by atoms with Gasteiger partial charge in [0.1, 0.15) is 28.7 Å². The SMILES string of the molecule is CN1CCC(N2CCC(NC(=O)c3cc(-c4c(O)cc(O)cc4Oc4ccc([N+](=O)[O-])cc4)no3)CC2)CC1. The third kappa shape index (κ3) is 6.13. The number of amides is 1. The molecule has 2 aliphatic rings. The smallest absolute Gasteiger partial charge is 0.290 e. The highest BCUT2D eigenvalue weighted by molar-refractivity contribution is 5.93. The Labute approximate surface area is 224 Å². The van der Waals surface area contributed by atoms with Gasteiger partial charge in [0.2, 0.25) is 5.76 Å². The van der Waals surface area contributed by atoms with Gasteiger partial charge in [0.25, 0.3) is 11.6 Å². The Kier molecular flexibility index (Phi) is 7.66. The monoisotopic (exact) mass is 537 g/mol. The maximum Gasteiger partial charge on any atom is 0.290 e. The quantitative estimate of drug-likeness (QED) is 0.300. The third-order valence-electron chi connectivity index (χ3n) is 7.40. The van der Waals surface area contributed by atoms with Crippen LogP contribution in [0.4, 0.5) is 5.69 Å². The highest BCUT2D eigenvalue weighted by atomic mass is 16.6. The zero-order chi connectivity index (χ0) is 27.5. The minimum atomic E-state index is -0.531. The highest BCUT2D eigenvalue weighted by Gasteiger charge is 2.29. The molecule has 12 heteroatoms. The predicted molar refractivity (Wildman–Crippen MR) is 141 cm³/mol. The number of piperidine rings is 2. The fourth-order valence-corrected chi connectivity index (χ4v) is 5.21. The summed E-state index contributed by atoms with van der Waals surface area (Å²) in [6.45, 7) is 4.11. The molecule has 2 fully saturated rings. The van der Waals surface area contributed by atoms with Crippen molar-refractivity contribution in [1.29, 1.82) is 0 Å². The summed E-state index contributed by atoms with van der Waals surface area (Å²) in [6.07, 6.45) is 4.05. The van der Waals surface area contributed by atoms with E-state index in [0.29, 0.717) is 6.04 Å². The molecular weight excluding hydrogens is 506 g/mol. The van der Waals surface area contributed by atoms with Crippen molar-refractivity contribution in [2.24, 2.45) is 0 Å². The second-order valence-corrected chi connectivity index (χ2v) is 10.1. The average molecular weight is 538 g/mol. The summed E-state index contributed by atoms with van der Waals surface area (Å²) < 4.78 is 11.1. The molecule has 3 N–H and O–H groups in total. The van der Waals surface area contributed by atoms with Gasteiger partial charge >= 0.3 is 0 Å². The molecule has 39 heavy (non-hydrogen) atoms. The van der Waals surface area contributed by atoms with Crippen molar-refractivity contribution in [3.05, 3.63) is 58.3 Å². The van der Waals surface area contributed by atoms with E-state index in [2.05, 4.69) is 27.3 Å². The summed E-state index contributed by atoms with van der Waals surface area (Å²) in [4.78, 5) is 28.2. The lowest BCUT2D eigenvalue weighted by molar-refractivity contribution is -0.384. The molecule has 3 aromatic rings. The van der Waals surface area contributed by atoms with E-state index in [0.717, 1.165) is 45.1 Å². The molecule has 1 aromatic heterocycles. The van der Waals surface area contributed by atoms with Crippen molar-refractivity contribution < 1.29 is 29.2 Å². The molecule has 0 radical (unpaired) electrons. The van der Waals surface area contributed by atoms with Gasteiger partial charge in [-0.25, -0.2) is 0 Å². The van der Waals surface area contributed by atoms with E-state index in [4.69, 9.17) is 9.26 Å². The number of nitro benzene ring substituents is 1. The Morgan fingerprint density at radius 3 is 2.44 bits per heavy atom. The largest absolute Gasteiger partial charge is 0.508 e. The molecule has 5 rings (SSSR count). The van der Waals surface area contributed by atoms with Gasteiger partial charge in [-0.3, -0.25) is 14.9 Å². The Hall–Kier alpha value is -4.16. The van der Waals surface area contributed by atoms with Gasteiger partial charge in [0, 0.05) is 55.5 Å². The van der Waals surface area contributed by atoms with E-state index in [1.54, 1.807) is 0 Å². The normalized spacial score (nSPS) is 17.7.